The van der Waals surface area contributed by atoms with Crippen LogP contribution in [-0.2, 0) is 7.05 Å². The van der Waals surface area contributed by atoms with Crippen LogP contribution in [0.15, 0.2) is 54.7 Å². The summed E-state index contributed by atoms with van der Waals surface area (Å²) >= 11 is 0. The summed E-state index contributed by atoms with van der Waals surface area (Å²) in [5.41, 5.74) is 9.80. The number of hydrogen-bond donors (Lipinski definition) is 1. The average molecular weight is 280 g/mol. The smallest absolute Gasteiger partial charge is 0.118 e. The molecule has 108 valence electrons. The lowest BCUT2D eigenvalue weighted by Gasteiger charge is -2.15. The minimum Gasteiger partial charge on any atom is -0.497 e. The molecule has 0 bridgehead atoms. The fourth-order valence-corrected chi connectivity index (χ4v) is 2.93. The van der Waals surface area contributed by atoms with Crippen LogP contribution >= 0.6 is 0 Å². The number of rotatable bonds is 4. The van der Waals surface area contributed by atoms with Crippen molar-refractivity contribution in [2.75, 3.05) is 13.7 Å². The summed E-state index contributed by atoms with van der Waals surface area (Å²) in [6.07, 6.45) is 2.19. The van der Waals surface area contributed by atoms with Gasteiger partial charge < -0.3 is 15.0 Å². The Balaban J connectivity index is 2.09. The van der Waals surface area contributed by atoms with Gasteiger partial charge in [0, 0.05) is 36.6 Å². The summed E-state index contributed by atoms with van der Waals surface area (Å²) in [6, 6.07) is 16.6. The largest absolute Gasteiger partial charge is 0.497 e. The van der Waals surface area contributed by atoms with Crippen LogP contribution in [0, 0.1) is 0 Å². The normalized spacial score (nSPS) is 12.5. The first-order valence-corrected chi connectivity index (χ1v) is 7.12. The van der Waals surface area contributed by atoms with Crippen LogP contribution in [0.4, 0.5) is 0 Å². The number of hydrogen-bond acceptors (Lipinski definition) is 2. The molecule has 0 radical (unpaired) electrons. The van der Waals surface area contributed by atoms with Gasteiger partial charge in [-0.1, -0.05) is 30.3 Å². The molecule has 0 spiro atoms. The molecule has 0 aliphatic heterocycles. The average Bonchev–Trinajstić information content (AvgIpc) is 2.86. The second-order valence-corrected chi connectivity index (χ2v) is 5.27. The molecule has 1 atom stereocenters. The Labute approximate surface area is 125 Å². The van der Waals surface area contributed by atoms with Gasteiger partial charge in [0.05, 0.1) is 7.11 Å². The maximum Gasteiger partial charge on any atom is 0.118 e. The van der Waals surface area contributed by atoms with Gasteiger partial charge in [0.15, 0.2) is 0 Å². The monoisotopic (exact) mass is 280 g/mol. The molecule has 3 nitrogen and oxygen atoms in total. The Hall–Kier alpha value is -2.26. The second-order valence-electron chi connectivity index (χ2n) is 5.27. The summed E-state index contributed by atoms with van der Waals surface area (Å²) in [7, 11) is 3.76. The first kappa shape index (κ1) is 13.7. The number of aryl methyl sites for hydroxylation is 1. The van der Waals surface area contributed by atoms with Gasteiger partial charge >= 0.3 is 0 Å². The molecule has 21 heavy (non-hydrogen) atoms. The van der Waals surface area contributed by atoms with Crippen molar-refractivity contribution in [2.24, 2.45) is 12.8 Å². The Morgan fingerprint density at radius 3 is 2.48 bits per heavy atom. The Morgan fingerprint density at radius 2 is 1.81 bits per heavy atom. The van der Waals surface area contributed by atoms with Gasteiger partial charge in [-0.25, -0.2) is 0 Å². The lowest BCUT2D eigenvalue weighted by molar-refractivity contribution is 0.414. The van der Waals surface area contributed by atoms with Gasteiger partial charge in [-0.15, -0.1) is 0 Å². The molecule has 1 heterocycles. The molecular formula is C18H20N2O. The minimum absolute atomic E-state index is 0.196. The van der Waals surface area contributed by atoms with Crippen LogP contribution in [0.3, 0.4) is 0 Å². The van der Waals surface area contributed by atoms with E-state index in [1.54, 1.807) is 7.11 Å². The third-order valence-corrected chi connectivity index (χ3v) is 4.06. The number of fused-ring (bicyclic) bond motifs is 1. The highest BCUT2D eigenvalue weighted by atomic mass is 16.5. The molecule has 1 aromatic heterocycles. The van der Waals surface area contributed by atoms with Gasteiger partial charge in [-0.3, -0.25) is 0 Å². The van der Waals surface area contributed by atoms with E-state index in [-0.39, 0.29) is 5.92 Å². The standard InChI is InChI=1S/C18H20N2O/c1-20-12-17(15-5-3-4-6-18(15)20)16(11-19)13-7-9-14(21-2)10-8-13/h3-10,12,16H,11,19H2,1-2H3. The van der Waals surface area contributed by atoms with Gasteiger partial charge in [0.1, 0.15) is 5.75 Å². The van der Waals surface area contributed by atoms with E-state index in [2.05, 4.69) is 54.2 Å². The summed E-state index contributed by atoms with van der Waals surface area (Å²) in [5.74, 6) is 1.06. The minimum atomic E-state index is 0.196. The molecule has 0 saturated heterocycles. The van der Waals surface area contributed by atoms with E-state index in [1.807, 2.05) is 12.1 Å². The molecule has 3 aromatic rings. The van der Waals surface area contributed by atoms with E-state index in [0.717, 1.165) is 5.75 Å². The fraction of sp³-hybridized carbons (Fsp3) is 0.222. The number of benzene rings is 2. The van der Waals surface area contributed by atoms with Crippen LogP contribution < -0.4 is 10.5 Å². The number of nitrogens with two attached hydrogens (primary N) is 1. The van der Waals surface area contributed by atoms with Crippen molar-refractivity contribution in [3.8, 4) is 5.75 Å². The maximum atomic E-state index is 6.07. The third kappa shape index (κ3) is 2.41. The van der Waals surface area contributed by atoms with Crippen molar-refractivity contribution in [1.82, 2.24) is 4.57 Å². The van der Waals surface area contributed by atoms with Gasteiger partial charge in [-0.2, -0.15) is 0 Å². The van der Waals surface area contributed by atoms with E-state index in [4.69, 9.17) is 10.5 Å². The summed E-state index contributed by atoms with van der Waals surface area (Å²) in [5, 5.41) is 1.27. The van der Waals surface area contributed by atoms with E-state index < -0.39 is 0 Å². The highest BCUT2D eigenvalue weighted by molar-refractivity contribution is 5.85. The van der Waals surface area contributed by atoms with Crippen LogP contribution in [-0.4, -0.2) is 18.2 Å². The van der Waals surface area contributed by atoms with Crippen molar-refractivity contribution in [3.05, 3.63) is 65.9 Å². The molecule has 2 N–H and O–H groups in total. The van der Waals surface area contributed by atoms with Crippen molar-refractivity contribution in [1.29, 1.82) is 0 Å². The van der Waals surface area contributed by atoms with E-state index in [9.17, 15) is 0 Å². The molecule has 3 heteroatoms. The summed E-state index contributed by atoms with van der Waals surface area (Å²) < 4.78 is 7.39. The predicted molar refractivity (Wildman–Crippen MR) is 86.8 cm³/mol. The third-order valence-electron chi connectivity index (χ3n) is 4.06. The zero-order valence-corrected chi connectivity index (χ0v) is 12.4. The van der Waals surface area contributed by atoms with Crippen LogP contribution in [0.1, 0.15) is 17.0 Å². The molecule has 3 rings (SSSR count). The summed E-state index contributed by atoms with van der Waals surface area (Å²) in [6.45, 7) is 0.584. The Bertz CT molecular complexity index is 744. The molecule has 0 fully saturated rings. The van der Waals surface area contributed by atoms with E-state index >= 15 is 0 Å². The van der Waals surface area contributed by atoms with Crippen molar-refractivity contribution in [2.45, 2.75) is 5.92 Å². The predicted octanol–water partition coefficient (Wildman–Crippen LogP) is 3.28. The van der Waals surface area contributed by atoms with Crippen LogP contribution in [0.5, 0.6) is 5.75 Å². The number of methoxy groups -OCH3 is 1. The molecule has 0 aliphatic carbocycles. The zero-order valence-electron chi connectivity index (χ0n) is 12.4. The number of aromatic nitrogens is 1. The van der Waals surface area contributed by atoms with Gasteiger partial charge in [0.25, 0.3) is 0 Å². The SMILES string of the molecule is COc1ccc(C(CN)c2cn(C)c3ccccc23)cc1. The maximum absolute atomic E-state index is 6.07. The molecule has 0 saturated carbocycles. The first-order valence-electron chi connectivity index (χ1n) is 7.12. The van der Waals surface area contributed by atoms with E-state index in [0.29, 0.717) is 6.54 Å². The zero-order chi connectivity index (χ0) is 14.8. The highest BCUT2D eigenvalue weighted by Crippen LogP contribution is 2.32. The Kier molecular flexibility index (Phi) is 3.67. The molecule has 0 amide bonds. The highest BCUT2D eigenvalue weighted by Gasteiger charge is 2.17. The Morgan fingerprint density at radius 1 is 1.10 bits per heavy atom. The lowest BCUT2D eigenvalue weighted by Crippen LogP contribution is -2.13. The van der Waals surface area contributed by atoms with Crippen molar-refractivity contribution in [3.63, 3.8) is 0 Å². The fourth-order valence-electron chi connectivity index (χ4n) is 2.93. The second kappa shape index (κ2) is 5.62. The molecule has 2 aromatic carbocycles. The molecule has 0 aliphatic rings. The van der Waals surface area contributed by atoms with Crippen molar-refractivity contribution < 1.29 is 4.74 Å². The number of ether oxygens (including phenoxy) is 1. The van der Waals surface area contributed by atoms with Crippen LogP contribution in [0.25, 0.3) is 10.9 Å². The van der Waals surface area contributed by atoms with E-state index in [1.165, 1.54) is 22.0 Å². The van der Waals surface area contributed by atoms with Crippen LogP contribution in [0.2, 0.25) is 0 Å². The quantitative estimate of drug-likeness (QED) is 0.796. The topological polar surface area (TPSA) is 40.2 Å². The number of nitrogens with zero attached hydrogens (tertiary/aromatic N) is 1. The van der Waals surface area contributed by atoms with Gasteiger partial charge in [-0.05, 0) is 29.3 Å². The van der Waals surface area contributed by atoms with Crippen molar-refractivity contribution >= 4 is 10.9 Å². The summed E-state index contributed by atoms with van der Waals surface area (Å²) in [4.78, 5) is 0. The van der Waals surface area contributed by atoms with Gasteiger partial charge in [0.2, 0.25) is 0 Å². The molecule has 1 unspecified atom stereocenters. The first-order chi connectivity index (χ1) is 10.2. The lowest BCUT2D eigenvalue weighted by atomic mass is 9.91. The molecular weight excluding hydrogens is 260 g/mol. The number of para-hydroxylation sites is 1.